The van der Waals surface area contributed by atoms with E-state index in [0.29, 0.717) is 23.9 Å². The Balaban J connectivity index is 1.63. The molecule has 0 aromatic carbocycles. The van der Waals surface area contributed by atoms with E-state index in [9.17, 15) is 9.59 Å². The predicted octanol–water partition coefficient (Wildman–Crippen LogP) is 2.68. The van der Waals surface area contributed by atoms with Crippen molar-refractivity contribution in [3.63, 3.8) is 0 Å². The smallest absolute Gasteiger partial charge is 0.225 e. The first-order valence-electron chi connectivity index (χ1n) is 12.3. The van der Waals surface area contributed by atoms with Crippen molar-refractivity contribution in [1.82, 2.24) is 19.6 Å². The van der Waals surface area contributed by atoms with E-state index in [1.54, 1.807) is 0 Å². The van der Waals surface area contributed by atoms with E-state index >= 15 is 0 Å². The van der Waals surface area contributed by atoms with Gasteiger partial charge in [0.2, 0.25) is 11.8 Å². The second kappa shape index (κ2) is 10.9. The minimum Gasteiger partial charge on any atom is -0.338 e. The third kappa shape index (κ3) is 5.97. The Labute approximate surface area is 183 Å². The lowest BCUT2D eigenvalue weighted by Crippen LogP contribution is -2.53. The molecule has 6 heteroatoms. The summed E-state index contributed by atoms with van der Waals surface area (Å²) in [4.78, 5) is 35.7. The summed E-state index contributed by atoms with van der Waals surface area (Å²) in [6.45, 7) is 3.68. The number of likely N-dealkylation sites (tertiary alicyclic amines) is 2. The van der Waals surface area contributed by atoms with Crippen molar-refractivity contribution in [1.29, 1.82) is 0 Å². The molecule has 2 amide bonds. The Bertz CT molecular complexity index is 532. The van der Waals surface area contributed by atoms with Crippen molar-refractivity contribution in [2.75, 3.05) is 54.4 Å². The summed E-state index contributed by atoms with van der Waals surface area (Å²) in [7, 11) is 8.37. The van der Waals surface area contributed by atoms with Crippen LogP contribution in [-0.4, -0.2) is 97.9 Å². The van der Waals surface area contributed by atoms with Gasteiger partial charge in [0.15, 0.2) is 0 Å². The van der Waals surface area contributed by atoms with Gasteiger partial charge in [-0.05, 0) is 86.0 Å². The van der Waals surface area contributed by atoms with Crippen molar-refractivity contribution < 1.29 is 9.59 Å². The normalized spacial score (nSPS) is 30.7. The van der Waals surface area contributed by atoms with Crippen LogP contribution in [0.1, 0.15) is 64.2 Å². The van der Waals surface area contributed by atoms with Crippen LogP contribution < -0.4 is 0 Å². The molecule has 0 N–H and O–H groups in total. The van der Waals surface area contributed by atoms with Crippen LogP contribution in [-0.2, 0) is 9.59 Å². The van der Waals surface area contributed by atoms with Gasteiger partial charge < -0.3 is 19.6 Å². The summed E-state index contributed by atoms with van der Waals surface area (Å²) in [5, 5.41) is 0. The van der Waals surface area contributed by atoms with Gasteiger partial charge in [-0.1, -0.05) is 6.42 Å². The van der Waals surface area contributed by atoms with Gasteiger partial charge in [-0.3, -0.25) is 9.59 Å². The SMILES string of the molecule is CN(C)CC1CCCCN1C(=O)C1CCCC(C(=O)N2CCCCC2CN(C)C)C1. The first-order valence-corrected chi connectivity index (χ1v) is 12.3. The van der Waals surface area contributed by atoms with E-state index in [4.69, 9.17) is 0 Å². The highest BCUT2D eigenvalue weighted by atomic mass is 16.2. The number of hydrogen-bond acceptors (Lipinski definition) is 4. The minimum absolute atomic E-state index is 0.0348. The predicted molar refractivity (Wildman–Crippen MR) is 121 cm³/mol. The molecule has 30 heavy (non-hydrogen) atoms. The molecule has 0 spiro atoms. The Hall–Kier alpha value is -1.14. The molecule has 4 atom stereocenters. The molecule has 0 bridgehead atoms. The molecule has 2 saturated heterocycles. The molecule has 6 nitrogen and oxygen atoms in total. The quantitative estimate of drug-likeness (QED) is 0.663. The minimum atomic E-state index is 0.0348. The maximum absolute atomic E-state index is 13.5. The van der Waals surface area contributed by atoms with Crippen molar-refractivity contribution in [3.8, 4) is 0 Å². The van der Waals surface area contributed by atoms with E-state index in [0.717, 1.165) is 77.5 Å². The maximum Gasteiger partial charge on any atom is 0.225 e. The van der Waals surface area contributed by atoms with Crippen LogP contribution in [0, 0.1) is 11.8 Å². The largest absolute Gasteiger partial charge is 0.338 e. The zero-order chi connectivity index (χ0) is 21.7. The number of rotatable bonds is 6. The number of carbonyl (C=O) groups excluding carboxylic acids is 2. The number of piperidine rings is 2. The van der Waals surface area contributed by atoms with Crippen LogP contribution in [0.5, 0.6) is 0 Å². The lowest BCUT2D eigenvalue weighted by molar-refractivity contribution is -0.145. The van der Waals surface area contributed by atoms with E-state index in [1.165, 1.54) is 12.8 Å². The van der Waals surface area contributed by atoms with Crippen LogP contribution in [0.25, 0.3) is 0 Å². The van der Waals surface area contributed by atoms with E-state index < -0.39 is 0 Å². The van der Waals surface area contributed by atoms with Gasteiger partial charge in [-0.15, -0.1) is 0 Å². The molecule has 2 heterocycles. The molecule has 1 aliphatic carbocycles. The molecule has 0 aromatic heterocycles. The number of nitrogens with zero attached hydrogens (tertiary/aromatic N) is 4. The zero-order valence-electron chi connectivity index (χ0n) is 19.8. The fourth-order valence-electron chi connectivity index (χ4n) is 5.91. The van der Waals surface area contributed by atoms with Crippen molar-refractivity contribution in [2.24, 2.45) is 11.8 Å². The molecule has 0 aromatic rings. The summed E-state index contributed by atoms with van der Waals surface area (Å²) >= 11 is 0. The first kappa shape index (κ1) is 23.5. The fourth-order valence-corrected chi connectivity index (χ4v) is 5.91. The third-order valence-electron chi connectivity index (χ3n) is 7.34. The lowest BCUT2D eigenvalue weighted by Gasteiger charge is -2.42. The highest BCUT2D eigenvalue weighted by Crippen LogP contribution is 2.34. The number of hydrogen-bond donors (Lipinski definition) is 0. The maximum atomic E-state index is 13.5. The molecule has 3 fully saturated rings. The Morgan fingerprint density at radius 1 is 0.667 bits per heavy atom. The average molecular weight is 421 g/mol. The van der Waals surface area contributed by atoms with Crippen molar-refractivity contribution in [3.05, 3.63) is 0 Å². The van der Waals surface area contributed by atoms with Crippen molar-refractivity contribution in [2.45, 2.75) is 76.3 Å². The number of carbonyl (C=O) groups is 2. The van der Waals surface area contributed by atoms with Crippen LogP contribution in [0.4, 0.5) is 0 Å². The molecule has 2 aliphatic heterocycles. The topological polar surface area (TPSA) is 47.1 Å². The second-order valence-electron chi connectivity index (χ2n) is 10.4. The van der Waals surface area contributed by atoms with Gasteiger partial charge in [0.25, 0.3) is 0 Å². The molecular weight excluding hydrogens is 376 g/mol. The van der Waals surface area contributed by atoms with Gasteiger partial charge >= 0.3 is 0 Å². The second-order valence-corrected chi connectivity index (χ2v) is 10.4. The summed E-state index contributed by atoms with van der Waals surface area (Å²) < 4.78 is 0. The highest BCUT2D eigenvalue weighted by molar-refractivity contribution is 5.83. The zero-order valence-corrected chi connectivity index (χ0v) is 19.8. The average Bonchev–Trinajstić information content (AvgIpc) is 2.73. The van der Waals surface area contributed by atoms with Gasteiger partial charge in [0, 0.05) is 50.1 Å². The van der Waals surface area contributed by atoms with Gasteiger partial charge in [-0.2, -0.15) is 0 Å². The van der Waals surface area contributed by atoms with Crippen LogP contribution in [0.3, 0.4) is 0 Å². The van der Waals surface area contributed by atoms with E-state index in [-0.39, 0.29) is 11.8 Å². The van der Waals surface area contributed by atoms with Crippen LogP contribution >= 0.6 is 0 Å². The molecule has 0 radical (unpaired) electrons. The number of amides is 2. The molecule has 4 unspecified atom stereocenters. The van der Waals surface area contributed by atoms with Crippen LogP contribution in [0.2, 0.25) is 0 Å². The molecule has 3 aliphatic rings. The summed E-state index contributed by atoms with van der Waals surface area (Å²) in [6, 6.07) is 0.674. The lowest BCUT2D eigenvalue weighted by atomic mass is 9.79. The fraction of sp³-hybridized carbons (Fsp3) is 0.917. The Morgan fingerprint density at radius 2 is 1.10 bits per heavy atom. The van der Waals surface area contributed by atoms with Crippen molar-refractivity contribution >= 4 is 11.8 Å². The third-order valence-corrected chi connectivity index (χ3v) is 7.34. The van der Waals surface area contributed by atoms with Crippen LogP contribution in [0.15, 0.2) is 0 Å². The summed E-state index contributed by atoms with van der Waals surface area (Å²) in [5.74, 6) is 0.713. The molecular formula is C24H44N4O2. The summed E-state index contributed by atoms with van der Waals surface area (Å²) in [5.41, 5.74) is 0. The molecule has 1 saturated carbocycles. The van der Waals surface area contributed by atoms with E-state index in [2.05, 4.69) is 47.8 Å². The van der Waals surface area contributed by atoms with E-state index in [1.807, 2.05) is 0 Å². The molecule has 3 rings (SSSR count). The highest BCUT2D eigenvalue weighted by Gasteiger charge is 2.39. The van der Waals surface area contributed by atoms with Gasteiger partial charge in [-0.25, -0.2) is 0 Å². The number of likely N-dealkylation sites (N-methyl/N-ethyl adjacent to an activating group) is 2. The molecule has 172 valence electrons. The Kier molecular flexibility index (Phi) is 8.58. The van der Waals surface area contributed by atoms with Gasteiger partial charge in [0.05, 0.1) is 0 Å². The Morgan fingerprint density at radius 3 is 1.50 bits per heavy atom. The monoisotopic (exact) mass is 420 g/mol. The van der Waals surface area contributed by atoms with Gasteiger partial charge in [0.1, 0.15) is 0 Å². The standard InChI is InChI=1S/C24H44N4O2/c1-25(2)17-21-12-5-7-14-27(21)23(29)19-10-9-11-20(16-19)24(30)28-15-8-6-13-22(28)18-26(3)4/h19-22H,5-18H2,1-4H3. The summed E-state index contributed by atoms with van der Waals surface area (Å²) in [6.07, 6.45) is 10.6. The first-order chi connectivity index (χ1) is 14.4.